The summed E-state index contributed by atoms with van der Waals surface area (Å²) in [6.45, 7) is 9.60. The molecule has 7 heteroatoms. The highest BCUT2D eigenvalue weighted by atomic mass is 16.6. The molecule has 3 rings (SSSR count). The number of nitrogens with zero attached hydrogens (tertiary/aromatic N) is 1. The first kappa shape index (κ1) is 21.6. The number of nitro benzene ring substituents is 1. The molecule has 0 fully saturated rings. The largest absolute Gasteiger partial charge is 0.507 e. The third-order valence-corrected chi connectivity index (χ3v) is 5.63. The van der Waals surface area contributed by atoms with Crippen molar-refractivity contribution in [1.29, 1.82) is 0 Å². The van der Waals surface area contributed by atoms with Crippen LogP contribution in [-0.2, 0) is 0 Å². The summed E-state index contributed by atoms with van der Waals surface area (Å²) in [5, 5.41) is 21.2. The Kier molecular flexibility index (Phi) is 5.74. The summed E-state index contributed by atoms with van der Waals surface area (Å²) in [7, 11) is 0. The normalized spacial score (nSPS) is 18.1. The Balaban J connectivity index is 1.95. The van der Waals surface area contributed by atoms with E-state index in [4.69, 9.17) is 9.47 Å². The van der Waals surface area contributed by atoms with Crippen LogP contribution in [0.15, 0.2) is 24.3 Å². The van der Waals surface area contributed by atoms with E-state index < -0.39 is 10.5 Å². The van der Waals surface area contributed by atoms with Crippen LogP contribution in [-0.4, -0.2) is 28.0 Å². The minimum absolute atomic E-state index is 0.0151. The number of carbonyl (C=O) groups is 1. The summed E-state index contributed by atoms with van der Waals surface area (Å²) in [4.78, 5) is 23.5. The van der Waals surface area contributed by atoms with Crippen LogP contribution in [0, 0.1) is 36.8 Å². The molecule has 1 atom stereocenters. The Bertz CT molecular complexity index is 996. The number of fused-ring (bicyclic) bond motifs is 1. The second-order valence-electron chi connectivity index (χ2n) is 8.45. The maximum absolute atomic E-state index is 13.1. The zero-order valence-corrected chi connectivity index (χ0v) is 17.9. The van der Waals surface area contributed by atoms with Gasteiger partial charge < -0.3 is 14.6 Å². The van der Waals surface area contributed by atoms with Crippen molar-refractivity contribution < 1.29 is 24.3 Å². The minimum atomic E-state index is -0.860. The van der Waals surface area contributed by atoms with Gasteiger partial charge in [-0.2, -0.15) is 0 Å². The van der Waals surface area contributed by atoms with E-state index in [1.165, 1.54) is 24.3 Å². The standard InChI is InChI=1S/C23H27NO6/c1-13(2)10-23(12-29-18-8-6-17(7-9-18)24(27)28)11-19(25)20-16(5)21(26)14(3)15(4)22(20)30-23/h6-9,13,26H,10-12H2,1-5H3. The highest BCUT2D eigenvalue weighted by molar-refractivity contribution is 6.03. The lowest BCUT2D eigenvalue weighted by Gasteiger charge is -2.40. The quantitative estimate of drug-likeness (QED) is 0.525. The first-order valence-electron chi connectivity index (χ1n) is 9.97. The first-order chi connectivity index (χ1) is 14.0. The van der Waals surface area contributed by atoms with E-state index in [1.54, 1.807) is 13.8 Å². The highest BCUT2D eigenvalue weighted by Crippen LogP contribution is 2.45. The van der Waals surface area contributed by atoms with Crippen LogP contribution in [0.3, 0.4) is 0 Å². The topological polar surface area (TPSA) is 98.9 Å². The minimum Gasteiger partial charge on any atom is -0.507 e. The fourth-order valence-corrected chi connectivity index (χ4v) is 4.08. The molecule has 0 saturated heterocycles. The molecule has 30 heavy (non-hydrogen) atoms. The van der Waals surface area contributed by atoms with Gasteiger partial charge in [0, 0.05) is 17.7 Å². The maximum atomic E-state index is 13.1. The molecule has 1 N–H and O–H groups in total. The number of non-ortho nitro benzene ring substituents is 1. The number of carbonyl (C=O) groups excluding carboxylic acids is 1. The summed E-state index contributed by atoms with van der Waals surface area (Å²) < 4.78 is 12.4. The van der Waals surface area contributed by atoms with Gasteiger partial charge in [0.2, 0.25) is 0 Å². The summed E-state index contributed by atoms with van der Waals surface area (Å²) in [6, 6.07) is 5.84. The van der Waals surface area contributed by atoms with Crippen molar-refractivity contribution in [3.63, 3.8) is 0 Å². The number of hydrogen-bond donors (Lipinski definition) is 1. The monoisotopic (exact) mass is 413 g/mol. The molecule has 7 nitrogen and oxygen atoms in total. The van der Waals surface area contributed by atoms with Crippen molar-refractivity contribution in [2.45, 2.75) is 53.1 Å². The molecular weight excluding hydrogens is 386 g/mol. The predicted octanol–water partition coefficient (Wildman–Crippen LogP) is 5.05. The number of nitro groups is 1. The molecule has 2 aromatic rings. The number of hydrogen-bond acceptors (Lipinski definition) is 6. The zero-order valence-electron chi connectivity index (χ0n) is 17.9. The predicted molar refractivity (Wildman–Crippen MR) is 113 cm³/mol. The molecule has 1 heterocycles. The Morgan fingerprint density at radius 2 is 1.80 bits per heavy atom. The summed E-state index contributed by atoms with van der Waals surface area (Å²) in [5.41, 5.74) is 1.53. The Morgan fingerprint density at radius 3 is 2.37 bits per heavy atom. The van der Waals surface area contributed by atoms with E-state index >= 15 is 0 Å². The van der Waals surface area contributed by atoms with Crippen LogP contribution < -0.4 is 9.47 Å². The molecule has 0 amide bonds. The van der Waals surface area contributed by atoms with Gasteiger partial charge in [-0.15, -0.1) is 0 Å². The number of phenolic OH excluding ortho intramolecular Hbond substituents is 1. The van der Waals surface area contributed by atoms with E-state index in [0.717, 1.165) is 5.56 Å². The van der Waals surface area contributed by atoms with Crippen LogP contribution in [0.2, 0.25) is 0 Å². The van der Waals surface area contributed by atoms with E-state index in [2.05, 4.69) is 13.8 Å². The Labute approximate surface area is 175 Å². The van der Waals surface area contributed by atoms with Gasteiger partial charge in [-0.1, -0.05) is 13.8 Å². The van der Waals surface area contributed by atoms with Gasteiger partial charge in [-0.05, 0) is 56.4 Å². The van der Waals surface area contributed by atoms with Gasteiger partial charge in [-0.3, -0.25) is 14.9 Å². The van der Waals surface area contributed by atoms with Crippen molar-refractivity contribution in [3.05, 3.63) is 56.6 Å². The Morgan fingerprint density at radius 1 is 1.17 bits per heavy atom. The molecule has 1 aliphatic heterocycles. The number of phenols is 1. The summed E-state index contributed by atoms with van der Waals surface area (Å²) in [5.74, 6) is 1.27. The van der Waals surface area contributed by atoms with Crippen LogP contribution >= 0.6 is 0 Å². The average molecular weight is 413 g/mol. The van der Waals surface area contributed by atoms with Gasteiger partial charge in [-0.25, -0.2) is 0 Å². The average Bonchev–Trinajstić information content (AvgIpc) is 2.68. The maximum Gasteiger partial charge on any atom is 0.269 e. The lowest BCUT2D eigenvalue weighted by Crippen LogP contribution is -2.48. The molecule has 0 aliphatic carbocycles. The number of Topliss-reactive ketones (excluding diaryl/α,β-unsaturated/α-hetero) is 1. The fourth-order valence-electron chi connectivity index (χ4n) is 4.08. The summed E-state index contributed by atoms with van der Waals surface area (Å²) >= 11 is 0. The first-order valence-corrected chi connectivity index (χ1v) is 9.97. The smallest absolute Gasteiger partial charge is 0.269 e. The molecule has 0 saturated carbocycles. The van der Waals surface area contributed by atoms with E-state index in [9.17, 15) is 20.0 Å². The molecule has 160 valence electrons. The van der Waals surface area contributed by atoms with Crippen LogP contribution in [0.5, 0.6) is 17.2 Å². The number of ketones is 1. The third kappa shape index (κ3) is 3.97. The second kappa shape index (κ2) is 7.97. The van der Waals surface area contributed by atoms with Gasteiger partial charge in [0.15, 0.2) is 11.4 Å². The van der Waals surface area contributed by atoms with Crippen LogP contribution in [0.4, 0.5) is 5.69 Å². The van der Waals surface area contributed by atoms with Crippen LogP contribution in [0.1, 0.15) is 53.7 Å². The lowest BCUT2D eigenvalue weighted by molar-refractivity contribution is -0.384. The van der Waals surface area contributed by atoms with Gasteiger partial charge in [0.25, 0.3) is 5.69 Å². The molecule has 0 aromatic heterocycles. The Hall–Kier alpha value is -3.09. The molecule has 0 radical (unpaired) electrons. The molecule has 1 unspecified atom stereocenters. The number of benzene rings is 2. The van der Waals surface area contributed by atoms with Crippen molar-refractivity contribution in [2.75, 3.05) is 6.61 Å². The van der Waals surface area contributed by atoms with E-state index in [1.807, 2.05) is 6.92 Å². The third-order valence-electron chi connectivity index (χ3n) is 5.63. The SMILES string of the molecule is Cc1c(C)c2c(c(C)c1O)C(=O)CC(COc1ccc([N+](=O)[O-])cc1)(CC(C)C)O2. The van der Waals surface area contributed by atoms with Gasteiger partial charge in [0.05, 0.1) is 16.9 Å². The molecular formula is C23H27NO6. The number of aromatic hydroxyl groups is 1. The zero-order chi connectivity index (χ0) is 22.2. The molecule has 0 spiro atoms. The molecule has 0 bridgehead atoms. The number of rotatable bonds is 6. The lowest BCUT2D eigenvalue weighted by atomic mass is 9.81. The van der Waals surface area contributed by atoms with Crippen molar-refractivity contribution in [2.24, 2.45) is 5.92 Å². The van der Waals surface area contributed by atoms with Crippen LogP contribution in [0.25, 0.3) is 0 Å². The molecule has 2 aromatic carbocycles. The molecule has 1 aliphatic rings. The highest BCUT2D eigenvalue weighted by Gasteiger charge is 2.44. The van der Waals surface area contributed by atoms with Gasteiger partial charge >= 0.3 is 0 Å². The van der Waals surface area contributed by atoms with Gasteiger partial charge in [0.1, 0.15) is 23.9 Å². The second-order valence-corrected chi connectivity index (χ2v) is 8.45. The van der Waals surface area contributed by atoms with E-state index in [-0.39, 0.29) is 36.2 Å². The number of ether oxygens (including phenoxy) is 2. The van der Waals surface area contributed by atoms with Crippen molar-refractivity contribution >= 4 is 11.5 Å². The fraction of sp³-hybridized carbons (Fsp3) is 0.435. The summed E-state index contributed by atoms with van der Waals surface area (Å²) in [6.07, 6.45) is 0.734. The van der Waals surface area contributed by atoms with Crippen molar-refractivity contribution in [3.8, 4) is 17.2 Å². The van der Waals surface area contributed by atoms with E-state index in [0.29, 0.717) is 34.6 Å². The van der Waals surface area contributed by atoms with Crippen molar-refractivity contribution in [1.82, 2.24) is 0 Å².